The van der Waals surface area contributed by atoms with Crippen molar-refractivity contribution in [2.75, 3.05) is 0 Å². The van der Waals surface area contributed by atoms with Crippen molar-refractivity contribution in [1.29, 1.82) is 0 Å². The average molecular weight is 220 g/mol. The van der Waals surface area contributed by atoms with E-state index in [-0.39, 0.29) is 17.2 Å². The number of hydrogen-bond acceptors (Lipinski definition) is 4. The van der Waals surface area contributed by atoms with Gasteiger partial charge in [0.25, 0.3) is 0 Å². The summed E-state index contributed by atoms with van der Waals surface area (Å²) < 4.78 is 5.96. The molecule has 0 amide bonds. The lowest BCUT2D eigenvalue weighted by molar-refractivity contribution is 0.192. The van der Waals surface area contributed by atoms with Crippen LogP contribution in [0.25, 0.3) is 0 Å². The second-order valence-corrected chi connectivity index (χ2v) is 2.97. The molecule has 0 spiro atoms. The molecule has 0 saturated carbocycles. The fourth-order valence-electron chi connectivity index (χ4n) is 1.13. The first-order valence-electron chi connectivity index (χ1n) is 4.40. The zero-order chi connectivity index (χ0) is 11.5. The van der Waals surface area contributed by atoms with E-state index in [0.29, 0.717) is 0 Å². The van der Waals surface area contributed by atoms with Crippen LogP contribution in [0.3, 0.4) is 0 Å². The minimum absolute atomic E-state index is 0.0226. The van der Waals surface area contributed by atoms with Crippen LogP contribution in [0.15, 0.2) is 36.7 Å². The molecule has 2 rings (SSSR count). The fraction of sp³-hybridized carbons (Fsp3) is 0. The molecule has 0 aliphatic heterocycles. The van der Waals surface area contributed by atoms with Crippen molar-refractivity contribution >= 4 is 6.09 Å². The van der Waals surface area contributed by atoms with Crippen LogP contribution in [-0.2, 0) is 0 Å². The number of phenols is 1. The normalized spacial score (nSPS) is 10.0. The molecule has 82 valence electrons. The highest BCUT2D eigenvalue weighted by Gasteiger charge is 2.07. The molecule has 2 N–H and O–H groups in total. The quantitative estimate of drug-likeness (QED) is 0.807. The second kappa shape index (κ2) is 3.93. The van der Waals surface area contributed by atoms with Gasteiger partial charge in [-0.15, -0.1) is 0 Å². The van der Waals surface area contributed by atoms with E-state index in [9.17, 15) is 9.90 Å². The van der Waals surface area contributed by atoms with E-state index in [2.05, 4.69) is 5.10 Å². The molecule has 0 aliphatic rings. The summed E-state index contributed by atoms with van der Waals surface area (Å²) >= 11 is 0. The molecule has 0 saturated heterocycles. The molecule has 16 heavy (non-hydrogen) atoms. The summed E-state index contributed by atoms with van der Waals surface area (Å²) in [6, 6.07) is 6.38. The third kappa shape index (κ3) is 1.95. The Morgan fingerprint density at radius 1 is 1.38 bits per heavy atom. The Kier molecular flexibility index (Phi) is 2.47. The summed E-state index contributed by atoms with van der Waals surface area (Å²) in [5.74, 6) is 0.460. The molecule has 6 nitrogen and oxygen atoms in total. The van der Waals surface area contributed by atoms with Crippen LogP contribution in [0.1, 0.15) is 0 Å². The number of rotatable bonds is 2. The summed E-state index contributed by atoms with van der Waals surface area (Å²) in [6.07, 6.45) is 1.25. The maximum atomic E-state index is 10.5. The minimum Gasteiger partial charge on any atom is -0.504 e. The highest BCUT2D eigenvalue weighted by molar-refractivity contribution is 5.67. The predicted molar refractivity (Wildman–Crippen MR) is 53.8 cm³/mol. The Morgan fingerprint density at radius 2 is 2.12 bits per heavy atom. The Bertz CT molecular complexity index is 521. The number of ether oxygens (including phenoxy) is 1. The van der Waals surface area contributed by atoms with Gasteiger partial charge in [-0.1, -0.05) is 12.1 Å². The third-order valence-corrected chi connectivity index (χ3v) is 1.85. The largest absolute Gasteiger partial charge is 0.504 e. The van der Waals surface area contributed by atoms with E-state index < -0.39 is 6.09 Å². The molecule has 0 atom stereocenters. The molecule has 0 fully saturated rings. The summed E-state index contributed by atoms with van der Waals surface area (Å²) in [5, 5.41) is 21.6. The van der Waals surface area contributed by atoms with Gasteiger partial charge in [0.1, 0.15) is 0 Å². The number of carbonyl (C=O) groups is 1. The predicted octanol–water partition coefficient (Wildman–Crippen LogP) is 1.91. The molecule has 1 aromatic carbocycles. The second-order valence-electron chi connectivity index (χ2n) is 2.97. The molecule has 2 aromatic rings. The Morgan fingerprint density at radius 3 is 2.75 bits per heavy atom. The van der Waals surface area contributed by atoms with E-state index in [4.69, 9.17) is 9.84 Å². The van der Waals surface area contributed by atoms with Gasteiger partial charge in [0, 0.05) is 0 Å². The van der Waals surface area contributed by atoms with Crippen molar-refractivity contribution in [2.45, 2.75) is 0 Å². The first-order valence-corrected chi connectivity index (χ1v) is 4.40. The molecule has 6 heteroatoms. The highest BCUT2D eigenvalue weighted by atomic mass is 16.5. The molecular formula is C10H8N2O4. The van der Waals surface area contributed by atoms with Gasteiger partial charge in [0.05, 0.1) is 12.4 Å². The standard InChI is InChI=1S/C10H8N2O4/c13-8-3-1-2-4-9(8)16-7-5-11-12(6-7)10(14)15/h1-6,13H,(H,14,15). The third-order valence-electron chi connectivity index (χ3n) is 1.85. The van der Waals surface area contributed by atoms with E-state index >= 15 is 0 Å². The maximum absolute atomic E-state index is 10.5. The topological polar surface area (TPSA) is 84.6 Å². The van der Waals surface area contributed by atoms with Crippen LogP contribution >= 0.6 is 0 Å². The lowest BCUT2D eigenvalue weighted by atomic mass is 10.3. The van der Waals surface area contributed by atoms with Gasteiger partial charge in [-0.05, 0) is 12.1 Å². The van der Waals surface area contributed by atoms with Crippen molar-refractivity contribution in [3.05, 3.63) is 36.7 Å². The highest BCUT2D eigenvalue weighted by Crippen LogP contribution is 2.29. The Labute approximate surface area is 90.3 Å². The molecule has 0 radical (unpaired) electrons. The average Bonchev–Trinajstić information content (AvgIpc) is 2.70. The van der Waals surface area contributed by atoms with E-state index in [1.54, 1.807) is 18.2 Å². The lowest BCUT2D eigenvalue weighted by Crippen LogP contribution is -2.07. The molecular weight excluding hydrogens is 212 g/mol. The number of phenolic OH excluding ortho intramolecular Hbond substituents is 1. The molecule has 0 unspecified atom stereocenters. The first kappa shape index (κ1) is 10.0. The summed E-state index contributed by atoms with van der Waals surface area (Å²) in [6.45, 7) is 0. The molecule has 0 aliphatic carbocycles. The van der Waals surface area contributed by atoms with Crippen molar-refractivity contribution in [3.63, 3.8) is 0 Å². The van der Waals surface area contributed by atoms with E-state index in [0.717, 1.165) is 4.68 Å². The Balaban J connectivity index is 2.21. The SMILES string of the molecule is O=C(O)n1cc(Oc2ccccc2O)cn1. The number of para-hydroxylation sites is 2. The molecule has 1 heterocycles. The van der Waals surface area contributed by atoms with Crippen LogP contribution in [0, 0.1) is 0 Å². The number of nitrogens with zero attached hydrogens (tertiary/aromatic N) is 2. The first-order chi connectivity index (χ1) is 7.66. The molecule has 0 bridgehead atoms. The molecule has 1 aromatic heterocycles. The summed E-state index contributed by atoms with van der Waals surface area (Å²) in [7, 11) is 0. The monoisotopic (exact) mass is 220 g/mol. The van der Waals surface area contributed by atoms with Gasteiger partial charge < -0.3 is 14.9 Å². The number of carboxylic acid groups (broad SMARTS) is 1. The summed E-state index contributed by atoms with van der Waals surface area (Å²) in [4.78, 5) is 10.5. The van der Waals surface area contributed by atoms with Gasteiger partial charge >= 0.3 is 6.09 Å². The van der Waals surface area contributed by atoms with Crippen LogP contribution in [0.5, 0.6) is 17.2 Å². The zero-order valence-electron chi connectivity index (χ0n) is 8.07. The number of benzene rings is 1. The van der Waals surface area contributed by atoms with Gasteiger partial charge in [0.15, 0.2) is 17.2 Å². The van der Waals surface area contributed by atoms with Crippen LogP contribution < -0.4 is 4.74 Å². The van der Waals surface area contributed by atoms with Crippen molar-refractivity contribution < 1.29 is 19.7 Å². The van der Waals surface area contributed by atoms with Gasteiger partial charge in [-0.2, -0.15) is 9.78 Å². The van der Waals surface area contributed by atoms with E-state index in [1.807, 2.05) is 0 Å². The van der Waals surface area contributed by atoms with Crippen molar-refractivity contribution in [2.24, 2.45) is 0 Å². The smallest absolute Gasteiger partial charge is 0.432 e. The summed E-state index contributed by atoms with van der Waals surface area (Å²) in [5.41, 5.74) is 0. The van der Waals surface area contributed by atoms with Crippen LogP contribution in [0.4, 0.5) is 4.79 Å². The van der Waals surface area contributed by atoms with Crippen molar-refractivity contribution in [1.82, 2.24) is 9.78 Å². The number of aromatic nitrogens is 2. The number of aromatic hydroxyl groups is 1. The van der Waals surface area contributed by atoms with E-state index in [1.165, 1.54) is 18.5 Å². The van der Waals surface area contributed by atoms with Crippen LogP contribution in [0.2, 0.25) is 0 Å². The fourth-order valence-corrected chi connectivity index (χ4v) is 1.13. The van der Waals surface area contributed by atoms with Crippen LogP contribution in [-0.4, -0.2) is 26.1 Å². The van der Waals surface area contributed by atoms with Gasteiger partial charge in [0.2, 0.25) is 0 Å². The van der Waals surface area contributed by atoms with Gasteiger partial charge in [-0.3, -0.25) is 0 Å². The zero-order valence-corrected chi connectivity index (χ0v) is 8.07. The van der Waals surface area contributed by atoms with Gasteiger partial charge in [-0.25, -0.2) is 4.79 Å². The maximum Gasteiger partial charge on any atom is 0.432 e. The lowest BCUT2D eigenvalue weighted by Gasteiger charge is -2.03. The number of hydrogen-bond donors (Lipinski definition) is 2. The van der Waals surface area contributed by atoms with Crippen molar-refractivity contribution in [3.8, 4) is 17.2 Å². The Hall–Kier alpha value is -2.50. The minimum atomic E-state index is -1.20.